The molecule has 0 aliphatic carbocycles. The van der Waals surface area contributed by atoms with Gasteiger partial charge in [-0.2, -0.15) is 0 Å². The second-order valence-corrected chi connectivity index (χ2v) is 6.58. The number of hydrogen-bond acceptors (Lipinski definition) is 4. The molecular formula is C18H28N2O3. The summed E-state index contributed by atoms with van der Waals surface area (Å²) in [5.41, 5.74) is 6.33. The lowest BCUT2D eigenvalue weighted by molar-refractivity contribution is -0.147. The highest BCUT2D eigenvalue weighted by Gasteiger charge is 2.40. The van der Waals surface area contributed by atoms with Crippen LogP contribution in [-0.4, -0.2) is 30.6 Å². The number of esters is 1. The summed E-state index contributed by atoms with van der Waals surface area (Å²) in [7, 11) is 1.31. The van der Waals surface area contributed by atoms with E-state index in [9.17, 15) is 9.59 Å². The van der Waals surface area contributed by atoms with Crippen molar-refractivity contribution in [1.82, 2.24) is 5.32 Å². The van der Waals surface area contributed by atoms with Gasteiger partial charge in [-0.3, -0.25) is 4.79 Å². The van der Waals surface area contributed by atoms with Crippen molar-refractivity contribution in [3.8, 4) is 0 Å². The van der Waals surface area contributed by atoms with Crippen molar-refractivity contribution in [3.63, 3.8) is 0 Å². The Morgan fingerprint density at radius 1 is 1.17 bits per heavy atom. The normalized spacial score (nSPS) is 15.1. The van der Waals surface area contributed by atoms with Gasteiger partial charge in [-0.05, 0) is 23.8 Å². The van der Waals surface area contributed by atoms with Gasteiger partial charge in [-0.1, -0.05) is 58.0 Å². The molecule has 128 valence electrons. The van der Waals surface area contributed by atoms with Crippen molar-refractivity contribution in [2.75, 3.05) is 7.11 Å². The smallest absolute Gasteiger partial charge is 0.328 e. The standard InChI is InChI=1S/C18H28N2O3/c1-12(2)15(16(21)23-5)20-17(22)18(19,13(3)4)11-14-9-7-6-8-10-14/h6-10,12-13,15H,11,19H2,1-5H3,(H,20,22)/t15-,18+/m0/s1. The molecule has 1 aromatic rings. The first-order valence-corrected chi connectivity index (χ1v) is 7.94. The Labute approximate surface area is 138 Å². The molecule has 1 aromatic carbocycles. The fourth-order valence-corrected chi connectivity index (χ4v) is 2.38. The summed E-state index contributed by atoms with van der Waals surface area (Å²) in [6, 6.07) is 8.93. The van der Waals surface area contributed by atoms with Crippen LogP contribution in [0.3, 0.4) is 0 Å². The molecular weight excluding hydrogens is 292 g/mol. The van der Waals surface area contributed by atoms with Crippen molar-refractivity contribution in [2.45, 2.75) is 45.7 Å². The van der Waals surface area contributed by atoms with Gasteiger partial charge in [0.1, 0.15) is 11.6 Å². The van der Waals surface area contributed by atoms with Crippen molar-refractivity contribution < 1.29 is 14.3 Å². The fourth-order valence-electron chi connectivity index (χ4n) is 2.38. The quantitative estimate of drug-likeness (QED) is 0.752. The molecule has 0 radical (unpaired) electrons. The number of rotatable bonds is 7. The Hall–Kier alpha value is -1.88. The summed E-state index contributed by atoms with van der Waals surface area (Å²) in [4.78, 5) is 24.7. The number of hydrogen-bond donors (Lipinski definition) is 2. The predicted octanol–water partition coefficient (Wildman–Crippen LogP) is 1.90. The monoisotopic (exact) mass is 320 g/mol. The third kappa shape index (κ3) is 4.79. The van der Waals surface area contributed by atoms with Gasteiger partial charge < -0.3 is 15.8 Å². The van der Waals surface area contributed by atoms with E-state index in [1.54, 1.807) is 0 Å². The van der Waals surface area contributed by atoms with Crippen LogP contribution >= 0.6 is 0 Å². The van der Waals surface area contributed by atoms with Crippen molar-refractivity contribution >= 4 is 11.9 Å². The van der Waals surface area contributed by atoms with E-state index < -0.39 is 17.6 Å². The third-order valence-corrected chi connectivity index (χ3v) is 4.20. The Balaban J connectivity index is 2.99. The maximum atomic E-state index is 12.8. The summed E-state index contributed by atoms with van der Waals surface area (Å²) < 4.78 is 4.77. The number of nitrogens with two attached hydrogens (primary N) is 1. The molecule has 3 N–H and O–H groups in total. The van der Waals surface area contributed by atoms with Crippen molar-refractivity contribution in [2.24, 2.45) is 17.6 Å². The highest BCUT2D eigenvalue weighted by molar-refractivity contribution is 5.91. The van der Waals surface area contributed by atoms with Crippen LogP contribution in [0, 0.1) is 11.8 Å². The van der Waals surface area contributed by atoms with Gasteiger partial charge in [0, 0.05) is 0 Å². The molecule has 0 aliphatic heterocycles. The maximum absolute atomic E-state index is 12.8. The molecule has 0 saturated heterocycles. The van der Waals surface area contributed by atoms with Gasteiger partial charge in [0.2, 0.25) is 5.91 Å². The average molecular weight is 320 g/mol. The van der Waals surface area contributed by atoms with Crippen molar-refractivity contribution in [1.29, 1.82) is 0 Å². The number of carbonyl (C=O) groups excluding carboxylic acids is 2. The molecule has 0 spiro atoms. The van der Waals surface area contributed by atoms with Gasteiger partial charge in [0.25, 0.3) is 0 Å². The van der Waals surface area contributed by atoms with Gasteiger partial charge in [0.05, 0.1) is 7.11 Å². The fraction of sp³-hybridized carbons (Fsp3) is 0.556. The lowest BCUT2D eigenvalue weighted by Gasteiger charge is -2.34. The van der Waals surface area contributed by atoms with Gasteiger partial charge in [0.15, 0.2) is 0 Å². The maximum Gasteiger partial charge on any atom is 0.328 e. The second-order valence-electron chi connectivity index (χ2n) is 6.58. The van der Waals surface area contributed by atoms with E-state index in [4.69, 9.17) is 10.5 Å². The molecule has 0 saturated carbocycles. The summed E-state index contributed by atoms with van der Waals surface area (Å²) >= 11 is 0. The first-order chi connectivity index (χ1) is 10.7. The van der Waals surface area contributed by atoms with E-state index >= 15 is 0 Å². The molecule has 1 amide bonds. The average Bonchev–Trinajstić information content (AvgIpc) is 2.51. The molecule has 0 fully saturated rings. The largest absolute Gasteiger partial charge is 0.467 e. The molecule has 0 aliphatic rings. The molecule has 0 unspecified atom stereocenters. The van der Waals surface area contributed by atoms with E-state index in [0.717, 1.165) is 5.56 Å². The first kappa shape index (κ1) is 19.2. The van der Waals surface area contributed by atoms with Crippen LogP contribution in [0.4, 0.5) is 0 Å². The van der Waals surface area contributed by atoms with Crippen LogP contribution < -0.4 is 11.1 Å². The molecule has 5 heteroatoms. The molecule has 2 atom stereocenters. The molecule has 0 heterocycles. The second kappa shape index (κ2) is 8.11. The molecule has 23 heavy (non-hydrogen) atoms. The van der Waals surface area contributed by atoms with Gasteiger partial charge in [-0.15, -0.1) is 0 Å². The van der Waals surface area contributed by atoms with E-state index in [1.165, 1.54) is 7.11 Å². The van der Waals surface area contributed by atoms with Gasteiger partial charge in [-0.25, -0.2) is 4.79 Å². The highest BCUT2D eigenvalue weighted by atomic mass is 16.5. The number of amides is 1. The van der Waals surface area contributed by atoms with Gasteiger partial charge >= 0.3 is 5.97 Å². The zero-order valence-electron chi connectivity index (χ0n) is 14.6. The van der Waals surface area contributed by atoms with E-state index in [0.29, 0.717) is 6.42 Å². The summed E-state index contributed by atoms with van der Waals surface area (Å²) in [6.45, 7) is 7.52. The highest BCUT2D eigenvalue weighted by Crippen LogP contribution is 2.21. The predicted molar refractivity (Wildman–Crippen MR) is 90.7 cm³/mol. The number of benzene rings is 1. The van der Waals surface area contributed by atoms with Crippen LogP contribution in [-0.2, 0) is 20.7 Å². The summed E-state index contributed by atoms with van der Waals surface area (Å²) in [6.07, 6.45) is 0.406. The third-order valence-electron chi connectivity index (χ3n) is 4.20. The minimum absolute atomic E-state index is 0.0838. The van der Waals surface area contributed by atoms with Crippen LogP contribution in [0.1, 0.15) is 33.3 Å². The van der Waals surface area contributed by atoms with E-state index in [2.05, 4.69) is 5.32 Å². The van der Waals surface area contributed by atoms with Crippen LogP contribution in [0.25, 0.3) is 0 Å². The number of carbonyl (C=O) groups is 2. The lowest BCUT2D eigenvalue weighted by Crippen LogP contribution is -2.62. The zero-order chi connectivity index (χ0) is 17.6. The Morgan fingerprint density at radius 2 is 1.74 bits per heavy atom. The summed E-state index contributed by atoms with van der Waals surface area (Å²) in [5.74, 6) is -0.965. The molecule has 1 rings (SSSR count). The topological polar surface area (TPSA) is 81.4 Å². The number of ether oxygens (including phenoxy) is 1. The lowest BCUT2D eigenvalue weighted by atomic mass is 9.80. The summed E-state index contributed by atoms with van der Waals surface area (Å²) in [5, 5.41) is 2.77. The Kier molecular flexibility index (Phi) is 6.76. The molecule has 0 aromatic heterocycles. The van der Waals surface area contributed by atoms with Crippen LogP contribution in [0.5, 0.6) is 0 Å². The van der Waals surface area contributed by atoms with Crippen molar-refractivity contribution in [3.05, 3.63) is 35.9 Å². The first-order valence-electron chi connectivity index (χ1n) is 7.94. The van der Waals surface area contributed by atoms with E-state index in [-0.39, 0.29) is 17.7 Å². The van der Waals surface area contributed by atoms with Crippen LogP contribution in [0.2, 0.25) is 0 Å². The minimum atomic E-state index is -1.09. The SMILES string of the molecule is COC(=O)[C@@H](NC(=O)[C@@](N)(Cc1ccccc1)C(C)C)C(C)C. The van der Waals surface area contributed by atoms with Crippen LogP contribution in [0.15, 0.2) is 30.3 Å². The van der Waals surface area contributed by atoms with E-state index in [1.807, 2.05) is 58.0 Å². The molecule has 5 nitrogen and oxygen atoms in total. The number of nitrogens with one attached hydrogen (secondary N) is 1. The molecule has 0 bridgehead atoms. The Bertz CT molecular complexity index is 528. The Morgan fingerprint density at radius 3 is 2.17 bits per heavy atom. The minimum Gasteiger partial charge on any atom is -0.467 e. The zero-order valence-corrected chi connectivity index (χ0v) is 14.6. The number of methoxy groups -OCH3 is 1.